The van der Waals surface area contributed by atoms with Crippen molar-refractivity contribution in [1.29, 1.82) is 0 Å². The zero-order valence-corrected chi connectivity index (χ0v) is 23.1. The molecule has 9 nitrogen and oxygen atoms in total. The van der Waals surface area contributed by atoms with E-state index in [2.05, 4.69) is 5.32 Å². The number of hydrogen-bond acceptors (Lipinski definition) is 6. The molecule has 0 saturated carbocycles. The van der Waals surface area contributed by atoms with Crippen molar-refractivity contribution in [3.05, 3.63) is 48.0 Å². The van der Waals surface area contributed by atoms with Gasteiger partial charge in [-0.2, -0.15) is 0 Å². The number of likely N-dealkylation sites (tertiary alicyclic amines) is 1. The average molecular weight is 528 g/mol. The summed E-state index contributed by atoms with van der Waals surface area (Å²) in [5.41, 5.74) is 0.318. The topological polar surface area (TPSA) is 97.4 Å². The number of rotatable bonds is 8. The van der Waals surface area contributed by atoms with Gasteiger partial charge in [-0.3, -0.25) is 14.4 Å². The normalized spacial score (nSPS) is 25.1. The predicted molar refractivity (Wildman–Crippen MR) is 142 cm³/mol. The maximum atomic E-state index is 13.7. The largest absolute Gasteiger partial charge is 0.444 e. The van der Waals surface area contributed by atoms with E-state index in [0.29, 0.717) is 19.4 Å². The number of nitrogens with zero attached hydrogens (tertiary/aromatic N) is 2. The molecule has 208 valence electrons. The highest BCUT2D eigenvalue weighted by Gasteiger charge is 2.43. The van der Waals surface area contributed by atoms with Gasteiger partial charge in [0.1, 0.15) is 17.7 Å². The van der Waals surface area contributed by atoms with Gasteiger partial charge >= 0.3 is 6.09 Å². The minimum absolute atomic E-state index is 0.116. The van der Waals surface area contributed by atoms with Gasteiger partial charge in [0.05, 0.1) is 24.1 Å². The molecule has 3 heterocycles. The van der Waals surface area contributed by atoms with Crippen LogP contribution in [0.25, 0.3) is 0 Å². The van der Waals surface area contributed by atoms with Gasteiger partial charge in [0.2, 0.25) is 5.91 Å². The number of nitrogens with one attached hydrogen (secondary N) is 1. The number of ether oxygens (including phenoxy) is 2. The van der Waals surface area contributed by atoms with E-state index in [1.54, 1.807) is 18.9 Å². The van der Waals surface area contributed by atoms with Crippen LogP contribution in [-0.4, -0.2) is 77.5 Å². The molecule has 5 rings (SSSR count). The fourth-order valence-corrected chi connectivity index (χ4v) is 5.53. The van der Waals surface area contributed by atoms with Crippen LogP contribution < -0.4 is 5.32 Å². The second-order valence-electron chi connectivity index (χ2n) is 11.5. The standard InChI is InChI=1S/C29H41N3O6/c1-19(25(36-5)24-12-9-17-31(24)28(35)37-29(2,3)4)26(33)30-23(18-20-10-7-6-8-11-20)27(34)32-21-13-15-22(38-32)16-14-21/h6-8,10-11,13,15,19,21-25H,9,12,14,16-18H2,1-5H3,(H,30,33)/t19-,21?,22?,23+,24+,25-/m1/s1. The predicted octanol–water partition coefficient (Wildman–Crippen LogP) is 3.63. The Balaban J connectivity index is 1.49. The number of benzene rings is 1. The Hall–Kier alpha value is -2.91. The molecule has 2 fully saturated rings. The SMILES string of the molecule is CO[C@H]([C@@H](C)C(=O)N[C@@H](Cc1ccccc1)C(=O)N1OC2C=CC1CC2)[C@@H]1CCCN1C(=O)OC(C)(C)C. The summed E-state index contributed by atoms with van der Waals surface area (Å²) in [6.45, 7) is 7.82. The van der Waals surface area contributed by atoms with Crippen molar-refractivity contribution in [3.63, 3.8) is 0 Å². The Morgan fingerprint density at radius 2 is 1.84 bits per heavy atom. The van der Waals surface area contributed by atoms with Crippen molar-refractivity contribution < 1.29 is 28.7 Å². The fraction of sp³-hybridized carbons (Fsp3) is 0.621. The Kier molecular flexibility index (Phi) is 8.78. The molecular weight excluding hydrogens is 486 g/mol. The molecule has 38 heavy (non-hydrogen) atoms. The number of hydrogen-bond donors (Lipinski definition) is 1. The quantitative estimate of drug-likeness (QED) is 0.519. The summed E-state index contributed by atoms with van der Waals surface area (Å²) in [4.78, 5) is 47.7. The van der Waals surface area contributed by atoms with Gasteiger partial charge in [0.25, 0.3) is 5.91 Å². The van der Waals surface area contributed by atoms with E-state index in [9.17, 15) is 14.4 Å². The van der Waals surface area contributed by atoms with Crippen molar-refractivity contribution in [3.8, 4) is 0 Å². The van der Waals surface area contributed by atoms with Gasteiger partial charge < -0.3 is 19.7 Å². The molecule has 6 atom stereocenters. The highest BCUT2D eigenvalue weighted by molar-refractivity contribution is 5.89. The van der Waals surface area contributed by atoms with E-state index >= 15 is 0 Å². The lowest BCUT2D eigenvalue weighted by Crippen LogP contribution is -2.58. The van der Waals surface area contributed by atoms with E-state index in [-0.39, 0.29) is 30.0 Å². The van der Waals surface area contributed by atoms with Gasteiger partial charge in [0.15, 0.2) is 0 Å². The molecule has 1 aromatic rings. The van der Waals surface area contributed by atoms with Crippen LogP contribution >= 0.6 is 0 Å². The molecular formula is C29H41N3O6. The zero-order chi connectivity index (χ0) is 27.4. The van der Waals surface area contributed by atoms with Gasteiger partial charge in [-0.15, -0.1) is 0 Å². The third-order valence-corrected chi connectivity index (χ3v) is 7.44. The molecule has 9 heteroatoms. The van der Waals surface area contributed by atoms with Crippen molar-refractivity contribution in [2.75, 3.05) is 13.7 Å². The van der Waals surface area contributed by atoms with Crippen LogP contribution in [0, 0.1) is 5.92 Å². The summed E-state index contributed by atoms with van der Waals surface area (Å²) in [6.07, 6.45) is 6.48. The average Bonchev–Trinajstić information content (AvgIpc) is 3.38. The highest BCUT2D eigenvalue weighted by Crippen LogP contribution is 2.30. The molecule has 4 aliphatic rings. The Bertz CT molecular complexity index is 1020. The van der Waals surface area contributed by atoms with Crippen LogP contribution in [0.2, 0.25) is 0 Å². The third-order valence-electron chi connectivity index (χ3n) is 7.44. The summed E-state index contributed by atoms with van der Waals surface area (Å²) in [5, 5.41) is 4.43. The molecule has 2 bridgehead atoms. The van der Waals surface area contributed by atoms with E-state index in [0.717, 1.165) is 24.8 Å². The fourth-order valence-electron chi connectivity index (χ4n) is 5.53. The second kappa shape index (κ2) is 11.9. The first kappa shape index (κ1) is 28.1. The van der Waals surface area contributed by atoms with Crippen LogP contribution in [0.1, 0.15) is 58.9 Å². The molecule has 1 aromatic carbocycles. The Morgan fingerprint density at radius 1 is 1.11 bits per heavy atom. The summed E-state index contributed by atoms with van der Waals surface area (Å²) in [7, 11) is 1.55. The number of carbonyl (C=O) groups is 3. The summed E-state index contributed by atoms with van der Waals surface area (Å²) >= 11 is 0. The van der Waals surface area contributed by atoms with E-state index in [4.69, 9.17) is 14.3 Å². The number of carbonyl (C=O) groups excluding carboxylic acids is 3. The smallest absolute Gasteiger partial charge is 0.410 e. The molecule has 1 aliphatic carbocycles. The van der Waals surface area contributed by atoms with Crippen molar-refractivity contribution in [2.45, 2.75) is 95.7 Å². The van der Waals surface area contributed by atoms with Crippen molar-refractivity contribution in [2.24, 2.45) is 5.92 Å². The minimum atomic E-state index is -0.803. The minimum Gasteiger partial charge on any atom is -0.444 e. The van der Waals surface area contributed by atoms with E-state index in [1.807, 2.05) is 63.3 Å². The molecule has 0 spiro atoms. The first-order chi connectivity index (χ1) is 18.1. The number of methoxy groups -OCH3 is 1. The van der Waals surface area contributed by atoms with Crippen molar-refractivity contribution in [1.82, 2.24) is 15.3 Å². The monoisotopic (exact) mass is 527 g/mol. The third kappa shape index (κ3) is 6.56. The highest BCUT2D eigenvalue weighted by atomic mass is 16.7. The maximum absolute atomic E-state index is 13.7. The van der Waals surface area contributed by atoms with Gasteiger partial charge in [0, 0.05) is 20.1 Å². The van der Waals surface area contributed by atoms with Crippen LogP contribution in [0.3, 0.4) is 0 Å². The number of amides is 3. The van der Waals surface area contributed by atoms with Gasteiger partial charge in [-0.05, 0) is 52.0 Å². The van der Waals surface area contributed by atoms with Crippen LogP contribution in [0.4, 0.5) is 4.79 Å². The lowest BCUT2D eigenvalue weighted by molar-refractivity contribution is -0.232. The first-order valence-electron chi connectivity index (χ1n) is 13.6. The Morgan fingerprint density at radius 3 is 2.42 bits per heavy atom. The number of hydroxylamine groups is 2. The van der Waals surface area contributed by atoms with Crippen LogP contribution in [-0.2, 0) is 30.3 Å². The number of fused-ring (bicyclic) bond motifs is 2. The molecule has 3 aliphatic heterocycles. The van der Waals surface area contributed by atoms with E-state index in [1.165, 1.54) is 5.06 Å². The zero-order valence-electron chi connectivity index (χ0n) is 23.1. The molecule has 0 aromatic heterocycles. The lowest BCUT2D eigenvalue weighted by atomic mass is 9.94. The van der Waals surface area contributed by atoms with E-state index < -0.39 is 29.8 Å². The summed E-state index contributed by atoms with van der Waals surface area (Å²) in [5.74, 6) is -1.18. The van der Waals surface area contributed by atoms with Crippen LogP contribution in [0.15, 0.2) is 42.5 Å². The lowest BCUT2D eigenvalue weighted by Gasteiger charge is -2.41. The molecule has 2 saturated heterocycles. The molecule has 0 radical (unpaired) electrons. The molecule has 2 unspecified atom stereocenters. The maximum Gasteiger partial charge on any atom is 0.410 e. The van der Waals surface area contributed by atoms with Crippen molar-refractivity contribution >= 4 is 17.9 Å². The molecule has 1 N–H and O–H groups in total. The summed E-state index contributed by atoms with van der Waals surface area (Å²) < 4.78 is 11.4. The second-order valence-corrected chi connectivity index (χ2v) is 11.5. The van der Waals surface area contributed by atoms with Crippen LogP contribution in [0.5, 0.6) is 0 Å². The Labute approximate surface area is 225 Å². The molecule has 3 amide bonds. The summed E-state index contributed by atoms with van der Waals surface area (Å²) in [6, 6.07) is 8.38. The van der Waals surface area contributed by atoms with Gasteiger partial charge in [-0.1, -0.05) is 49.4 Å². The first-order valence-corrected chi connectivity index (χ1v) is 13.6. The van der Waals surface area contributed by atoms with Gasteiger partial charge in [-0.25, -0.2) is 9.86 Å².